The van der Waals surface area contributed by atoms with E-state index in [1.165, 1.54) is 12.5 Å². The maximum atomic E-state index is 12.4. The van der Waals surface area contributed by atoms with Crippen LogP contribution in [-0.2, 0) is 17.8 Å². The second-order valence-electron chi connectivity index (χ2n) is 5.96. The second-order valence-corrected chi connectivity index (χ2v) is 5.96. The first kappa shape index (κ1) is 16.7. The highest BCUT2D eigenvalue weighted by Gasteiger charge is 2.21. The van der Waals surface area contributed by atoms with E-state index in [0.29, 0.717) is 12.2 Å². The number of imidazole rings is 1. The average molecular weight is 332 g/mol. The van der Waals surface area contributed by atoms with Crippen molar-refractivity contribution in [3.63, 3.8) is 0 Å². The lowest BCUT2D eigenvalue weighted by Crippen LogP contribution is -2.35. The number of aromatic nitrogens is 2. The van der Waals surface area contributed by atoms with Crippen molar-refractivity contribution in [2.45, 2.75) is 19.5 Å². The maximum absolute atomic E-state index is 12.4. The third-order valence-electron chi connectivity index (χ3n) is 4.35. The highest BCUT2D eigenvalue weighted by molar-refractivity contribution is 5.93. The highest BCUT2D eigenvalue weighted by atomic mass is 16.5. The topological polar surface area (TPSA) is 63.7 Å². The van der Waals surface area contributed by atoms with Gasteiger partial charge in [-0.05, 0) is 12.5 Å². The average Bonchev–Trinajstić information content (AvgIpc) is 3.21. The van der Waals surface area contributed by atoms with Gasteiger partial charge in [-0.15, -0.1) is 0 Å². The highest BCUT2D eigenvalue weighted by Crippen LogP contribution is 2.12. The largest absolute Gasteiger partial charge is 0.472 e. The molecule has 130 valence electrons. The molecule has 7 nitrogen and oxygen atoms in total. The molecule has 0 bridgehead atoms. The summed E-state index contributed by atoms with van der Waals surface area (Å²) in [4.78, 5) is 21.1. The number of carbonyl (C=O) groups is 1. The molecule has 0 saturated carbocycles. The summed E-state index contributed by atoms with van der Waals surface area (Å²) < 4.78 is 12.3. The van der Waals surface area contributed by atoms with Crippen LogP contribution in [0.4, 0.5) is 0 Å². The minimum atomic E-state index is 0.0483. The standard InChI is InChI=1S/C17H24N4O3/c1-23-12-10-20-7-4-18-16(20)13-19-5-2-6-21(9-8-19)17(22)15-3-11-24-14-15/h3-4,7,11,14H,2,5-6,8-10,12-13H2,1H3. The zero-order valence-corrected chi connectivity index (χ0v) is 14.1. The Morgan fingerprint density at radius 3 is 3.04 bits per heavy atom. The van der Waals surface area contributed by atoms with Gasteiger partial charge < -0.3 is 18.6 Å². The van der Waals surface area contributed by atoms with Crippen LogP contribution in [0.2, 0.25) is 0 Å². The first-order chi connectivity index (χ1) is 11.8. The van der Waals surface area contributed by atoms with Crippen molar-refractivity contribution in [3.8, 4) is 0 Å². The van der Waals surface area contributed by atoms with Gasteiger partial charge in [0.15, 0.2) is 0 Å². The van der Waals surface area contributed by atoms with Crippen molar-refractivity contribution in [2.24, 2.45) is 0 Å². The Morgan fingerprint density at radius 1 is 1.33 bits per heavy atom. The molecule has 0 radical (unpaired) electrons. The molecular weight excluding hydrogens is 308 g/mol. The molecule has 2 aromatic heterocycles. The molecule has 0 aliphatic carbocycles. The van der Waals surface area contributed by atoms with Gasteiger partial charge in [-0.2, -0.15) is 0 Å². The van der Waals surface area contributed by atoms with Crippen LogP contribution in [0.15, 0.2) is 35.4 Å². The van der Waals surface area contributed by atoms with Gasteiger partial charge >= 0.3 is 0 Å². The number of methoxy groups -OCH3 is 1. The molecule has 1 aliphatic rings. The number of hydrogen-bond acceptors (Lipinski definition) is 5. The SMILES string of the molecule is COCCn1ccnc1CN1CCCN(C(=O)c2ccoc2)CC1. The molecule has 1 saturated heterocycles. The van der Waals surface area contributed by atoms with Gasteiger partial charge in [-0.3, -0.25) is 9.69 Å². The van der Waals surface area contributed by atoms with Gasteiger partial charge in [0.2, 0.25) is 0 Å². The number of nitrogens with zero attached hydrogens (tertiary/aromatic N) is 4. The Bertz CT molecular complexity index is 638. The van der Waals surface area contributed by atoms with E-state index < -0.39 is 0 Å². The smallest absolute Gasteiger partial charge is 0.257 e. The fraction of sp³-hybridized carbons (Fsp3) is 0.529. The molecule has 1 aliphatic heterocycles. The Kier molecular flexibility index (Phi) is 5.66. The fourth-order valence-electron chi connectivity index (χ4n) is 2.99. The van der Waals surface area contributed by atoms with E-state index in [2.05, 4.69) is 14.5 Å². The predicted molar refractivity (Wildman–Crippen MR) is 88.6 cm³/mol. The van der Waals surface area contributed by atoms with E-state index in [-0.39, 0.29) is 5.91 Å². The molecule has 2 aromatic rings. The molecule has 7 heteroatoms. The quantitative estimate of drug-likeness (QED) is 0.801. The fourth-order valence-corrected chi connectivity index (χ4v) is 2.99. The van der Waals surface area contributed by atoms with Gasteiger partial charge in [-0.1, -0.05) is 0 Å². The Morgan fingerprint density at radius 2 is 2.25 bits per heavy atom. The Balaban J connectivity index is 1.56. The number of amides is 1. The molecule has 3 rings (SSSR count). The molecule has 0 N–H and O–H groups in total. The van der Waals surface area contributed by atoms with E-state index in [0.717, 1.165) is 51.5 Å². The number of carbonyl (C=O) groups excluding carboxylic acids is 1. The van der Waals surface area contributed by atoms with E-state index in [1.807, 2.05) is 17.3 Å². The summed E-state index contributed by atoms with van der Waals surface area (Å²) in [6.45, 7) is 5.60. The van der Waals surface area contributed by atoms with Crippen molar-refractivity contribution in [2.75, 3.05) is 39.9 Å². The van der Waals surface area contributed by atoms with Crippen molar-refractivity contribution in [1.29, 1.82) is 0 Å². The lowest BCUT2D eigenvalue weighted by molar-refractivity contribution is 0.0760. The number of rotatable bonds is 6. The maximum Gasteiger partial charge on any atom is 0.257 e. The Labute approximate surface area is 141 Å². The molecule has 3 heterocycles. The van der Waals surface area contributed by atoms with Crippen molar-refractivity contribution in [3.05, 3.63) is 42.4 Å². The lowest BCUT2D eigenvalue weighted by Gasteiger charge is -2.21. The van der Waals surface area contributed by atoms with Gasteiger partial charge in [-0.25, -0.2) is 4.98 Å². The zero-order chi connectivity index (χ0) is 16.8. The minimum absolute atomic E-state index is 0.0483. The van der Waals surface area contributed by atoms with Crippen LogP contribution in [0.3, 0.4) is 0 Å². The van der Waals surface area contributed by atoms with E-state index in [4.69, 9.17) is 9.15 Å². The zero-order valence-electron chi connectivity index (χ0n) is 14.1. The normalized spacial score (nSPS) is 16.3. The summed E-state index contributed by atoms with van der Waals surface area (Å²) in [7, 11) is 1.71. The minimum Gasteiger partial charge on any atom is -0.472 e. The number of furan rings is 1. The van der Waals surface area contributed by atoms with E-state index in [9.17, 15) is 4.79 Å². The second kappa shape index (κ2) is 8.12. The molecule has 0 aromatic carbocycles. The first-order valence-electron chi connectivity index (χ1n) is 8.30. The third-order valence-corrected chi connectivity index (χ3v) is 4.35. The van der Waals surface area contributed by atoms with Crippen LogP contribution in [0.25, 0.3) is 0 Å². The van der Waals surface area contributed by atoms with Crippen molar-refractivity contribution >= 4 is 5.91 Å². The molecule has 1 amide bonds. The third kappa shape index (κ3) is 4.04. The van der Waals surface area contributed by atoms with Crippen LogP contribution in [-0.4, -0.2) is 65.2 Å². The van der Waals surface area contributed by atoms with Crippen LogP contribution >= 0.6 is 0 Å². The van der Waals surface area contributed by atoms with Gasteiger partial charge in [0, 0.05) is 52.2 Å². The summed E-state index contributed by atoms with van der Waals surface area (Å²) in [6.07, 6.45) is 7.83. The van der Waals surface area contributed by atoms with Crippen molar-refractivity contribution < 1.29 is 13.9 Å². The number of ether oxygens (including phenoxy) is 1. The predicted octanol–water partition coefficient (Wildman–Crippen LogP) is 1.47. The van der Waals surface area contributed by atoms with E-state index in [1.54, 1.807) is 13.2 Å². The molecule has 1 fully saturated rings. The summed E-state index contributed by atoms with van der Waals surface area (Å²) in [5, 5.41) is 0. The summed E-state index contributed by atoms with van der Waals surface area (Å²) in [6, 6.07) is 1.72. The van der Waals surface area contributed by atoms with Crippen molar-refractivity contribution in [1.82, 2.24) is 19.4 Å². The van der Waals surface area contributed by atoms with Crippen LogP contribution in [0.1, 0.15) is 22.6 Å². The van der Waals surface area contributed by atoms with Gasteiger partial charge in [0.1, 0.15) is 12.1 Å². The molecule has 0 atom stereocenters. The number of hydrogen-bond donors (Lipinski definition) is 0. The molecular formula is C17H24N4O3. The summed E-state index contributed by atoms with van der Waals surface area (Å²) in [5.41, 5.74) is 0.624. The Hall–Kier alpha value is -2.12. The van der Waals surface area contributed by atoms with E-state index >= 15 is 0 Å². The summed E-state index contributed by atoms with van der Waals surface area (Å²) >= 11 is 0. The summed E-state index contributed by atoms with van der Waals surface area (Å²) in [5.74, 6) is 1.09. The monoisotopic (exact) mass is 332 g/mol. The van der Waals surface area contributed by atoms with Crippen LogP contribution in [0.5, 0.6) is 0 Å². The van der Waals surface area contributed by atoms with Crippen LogP contribution in [0, 0.1) is 0 Å². The molecule has 0 unspecified atom stereocenters. The lowest BCUT2D eigenvalue weighted by atomic mass is 10.3. The molecule has 24 heavy (non-hydrogen) atoms. The van der Waals surface area contributed by atoms with Gasteiger partial charge in [0.25, 0.3) is 5.91 Å². The molecule has 0 spiro atoms. The van der Waals surface area contributed by atoms with Gasteiger partial charge in [0.05, 0.1) is 25.0 Å². The first-order valence-corrected chi connectivity index (χ1v) is 8.30. The van der Waals surface area contributed by atoms with Crippen LogP contribution < -0.4 is 0 Å².